The first kappa shape index (κ1) is 22.1. The molecular weight excluding hydrogens is 398 g/mol. The highest BCUT2D eigenvalue weighted by atomic mass is 35.5. The Labute approximate surface area is 175 Å². The summed E-state index contributed by atoms with van der Waals surface area (Å²) in [5.74, 6) is 0.722. The van der Waals surface area contributed by atoms with Crippen molar-refractivity contribution < 1.29 is 14.3 Å². The average molecular weight is 422 g/mol. The van der Waals surface area contributed by atoms with Gasteiger partial charge in [0, 0.05) is 35.8 Å². The maximum atomic E-state index is 12.8. The molecule has 2 aromatic carbocycles. The van der Waals surface area contributed by atoms with Crippen LogP contribution in [0.4, 0.5) is 5.69 Å². The molecule has 2 amide bonds. The summed E-state index contributed by atoms with van der Waals surface area (Å²) in [6, 6.07) is 14.6. The summed E-state index contributed by atoms with van der Waals surface area (Å²) in [6.45, 7) is 1.25. The molecule has 1 aliphatic heterocycles. The van der Waals surface area contributed by atoms with E-state index in [-0.39, 0.29) is 36.0 Å². The predicted octanol–water partition coefficient (Wildman–Crippen LogP) is 3.02. The molecule has 8 heteroatoms. The molecule has 0 aliphatic carbocycles. The van der Waals surface area contributed by atoms with E-state index >= 15 is 0 Å². The van der Waals surface area contributed by atoms with Gasteiger partial charge >= 0.3 is 0 Å². The molecule has 6 nitrogen and oxygen atoms in total. The van der Waals surface area contributed by atoms with Gasteiger partial charge < -0.3 is 20.7 Å². The highest BCUT2D eigenvalue weighted by Gasteiger charge is 2.26. The molecular formula is C20H24ClN3O3S. The number of likely N-dealkylation sites (tertiary alicyclic amines) is 1. The van der Waals surface area contributed by atoms with Gasteiger partial charge in [-0.25, -0.2) is 0 Å². The van der Waals surface area contributed by atoms with Crippen LogP contribution >= 0.6 is 24.2 Å². The van der Waals surface area contributed by atoms with Crippen molar-refractivity contribution in [1.29, 1.82) is 0 Å². The number of ether oxygens (including phenoxy) is 1. The van der Waals surface area contributed by atoms with Crippen LogP contribution in [0.25, 0.3) is 0 Å². The molecule has 1 saturated heterocycles. The van der Waals surface area contributed by atoms with Gasteiger partial charge in [-0.3, -0.25) is 9.59 Å². The van der Waals surface area contributed by atoms with Crippen LogP contribution in [0, 0.1) is 0 Å². The van der Waals surface area contributed by atoms with Crippen LogP contribution in [0.3, 0.4) is 0 Å². The summed E-state index contributed by atoms with van der Waals surface area (Å²) in [7, 11) is 1.58. The normalized spacial score (nSPS) is 15.6. The van der Waals surface area contributed by atoms with Crippen LogP contribution in [0.1, 0.15) is 16.8 Å². The lowest BCUT2D eigenvalue weighted by Gasteiger charge is -2.17. The first-order valence-electron chi connectivity index (χ1n) is 8.77. The van der Waals surface area contributed by atoms with Crippen molar-refractivity contribution in [3.05, 3.63) is 54.1 Å². The second kappa shape index (κ2) is 10.4. The number of nitrogens with zero attached hydrogens (tertiary/aromatic N) is 1. The quantitative estimate of drug-likeness (QED) is 0.700. The first-order chi connectivity index (χ1) is 13.1. The molecule has 1 fully saturated rings. The Hall–Kier alpha value is -2.22. The molecule has 3 rings (SSSR count). The van der Waals surface area contributed by atoms with E-state index in [0.29, 0.717) is 30.1 Å². The Morgan fingerprint density at radius 2 is 2.04 bits per heavy atom. The number of thioether (sulfide) groups is 1. The molecule has 1 heterocycles. The van der Waals surface area contributed by atoms with Gasteiger partial charge in [0.15, 0.2) is 0 Å². The van der Waals surface area contributed by atoms with E-state index in [4.69, 9.17) is 10.5 Å². The van der Waals surface area contributed by atoms with Crippen LogP contribution in [0.5, 0.6) is 5.75 Å². The van der Waals surface area contributed by atoms with Crippen LogP contribution in [0.2, 0.25) is 0 Å². The summed E-state index contributed by atoms with van der Waals surface area (Å²) >= 11 is 1.35. The Bertz CT molecular complexity index is 834. The zero-order chi connectivity index (χ0) is 19.2. The minimum Gasteiger partial charge on any atom is -0.497 e. The van der Waals surface area contributed by atoms with Gasteiger partial charge in [-0.2, -0.15) is 0 Å². The number of methoxy groups -OCH3 is 1. The number of anilines is 1. The minimum absolute atomic E-state index is 0. The van der Waals surface area contributed by atoms with Crippen molar-refractivity contribution in [1.82, 2.24) is 4.90 Å². The Kier molecular flexibility index (Phi) is 8.17. The standard InChI is InChI=1S/C20H23N3O3S.ClH/c1-26-16-6-4-5-15(11-16)22-19(24)13-27-18-8-3-2-7-17(18)20(25)23-10-9-14(21)12-23;/h2-8,11,14H,9-10,12-13,21H2,1H3,(H,22,24);1H/t14-;/m1./s1. The van der Waals surface area contributed by atoms with Gasteiger partial charge in [0.25, 0.3) is 5.91 Å². The number of carbonyl (C=O) groups is 2. The number of hydrogen-bond acceptors (Lipinski definition) is 5. The zero-order valence-electron chi connectivity index (χ0n) is 15.6. The number of hydrogen-bond donors (Lipinski definition) is 2. The summed E-state index contributed by atoms with van der Waals surface area (Å²) in [4.78, 5) is 27.6. The van der Waals surface area contributed by atoms with Crippen LogP contribution in [-0.4, -0.2) is 48.7 Å². The number of carbonyl (C=O) groups excluding carboxylic acids is 2. The van der Waals surface area contributed by atoms with E-state index in [2.05, 4.69) is 5.32 Å². The maximum absolute atomic E-state index is 12.8. The number of rotatable bonds is 6. The largest absolute Gasteiger partial charge is 0.497 e. The Morgan fingerprint density at radius 3 is 2.75 bits per heavy atom. The van der Waals surface area contributed by atoms with E-state index in [1.165, 1.54) is 11.8 Å². The highest BCUT2D eigenvalue weighted by Crippen LogP contribution is 2.25. The molecule has 1 aliphatic rings. The number of nitrogens with two attached hydrogens (primary N) is 1. The first-order valence-corrected chi connectivity index (χ1v) is 9.76. The molecule has 0 aromatic heterocycles. The van der Waals surface area contributed by atoms with Gasteiger partial charge in [-0.15, -0.1) is 24.2 Å². The topological polar surface area (TPSA) is 84.7 Å². The summed E-state index contributed by atoms with van der Waals surface area (Å²) in [6.07, 6.45) is 0.823. The van der Waals surface area contributed by atoms with E-state index in [1.54, 1.807) is 30.2 Å². The molecule has 0 saturated carbocycles. The Balaban J connectivity index is 0.00000280. The molecule has 2 aromatic rings. The lowest BCUT2D eigenvalue weighted by molar-refractivity contribution is -0.113. The fourth-order valence-electron chi connectivity index (χ4n) is 2.95. The maximum Gasteiger partial charge on any atom is 0.255 e. The third kappa shape index (κ3) is 5.64. The fraction of sp³-hybridized carbons (Fsp3) is 0.300. The molecule has 150 valence electrons. The fourth-order valence-corrected chi connectivity index (χ4v) is 3.80. The van der Waals surface area contributed by atoms with Crippen molar-refractivity contribution in [2.75, 3.05) is 31.3 Å². The molecule has 0 bridgehead atoms. The van der Waals surface area contributed by atoms with Gasteiger partial charge in [0.2, 0.25) is 5.91 Å². The summed E-state index contributed by atoms with van der Waals surface area (Å²) in [5, 5.41) is 2.84. The number of amides is 2. The van der Waals surface area contributed by atoms with Gasteiger partial charge in [-0.1, -0.05) is 18.2 Å². The monoisotopic (exact) mass is 421 g/mol. The van der Waals surface area contributed by atoms with Crippen LogP contribution < -0.4 is 15.8 Å². The number of benzene rings is 2. The zero-order valence-corrected chi connectivity index (χ0v) is 17.2. The lowest BCUT2D eigenvalue weighted by atomic mass is 10.2. The Morgan fingerprint density at radius 1 is 1.25 bits per heavy atom. The summed E-state index contributed by atoms with van der Waals surface area (Å²) in [5.41, 5.74) is 7.20. The molecule has 0 radical (unpaired) electrons. The van der Waals surface area contributed by atoms with Crippen LogP contribution in [-0.2, 0) is 4.79 Å². The van der Waals surface area contributed by atoms with Crippen molar-refractivity contribution in [3.63, 3.8) is 0 Å². The van der Waals surface area contributed by atoms with E-state index in [0.717, 1.165) is 11.3 Å². The number of halogens is 1. The second-order valence-electron chi connectivity index (χ2n) is 6.36. The van der Waals surface area contributed by atoms with Gasteiger partial charge in [0.1, 0.15) is 5.75 Å². The van der Waals surface area contributed by atoms with E-state index in [9.17, 15) is 9.59 Å². The lowest BCUT2D eigenvalue weighted by Crippen LogP contribution is -2.32. The highest BCUT2D eigenvalue weighted by molar-refractivity contribution is 8.00. The third-order valence-electron chi connectivity index (χ3n) is 4.34. The van der Waals surface area contributed by atoms with E-state index < -0.39 is 0 Å². The third-order valence-corrected chi connectivity index (χ3v) is 5.42. The van der Waals surface area contributed by atoms with Gasteiger partial charge in [0.05, 0.1) is 18.4 Å². The minimum atomic E-state index is -0.140. The smallest absolute Gasteiger partial charge is 0.255 e. The average Bonchev–Trinajstić information content (AvgIpc) is 3.12. The summed E-state index contributed by atoms with van der Waals surface area (Å²) < 4.78 is 5.16. The van der Waals surface area contributed by atoms with Crippen molar-refractivity contribution in [3.8, 4) is 5.75 Å². The van der Waals surface area contributed by atoms with Crippen molar-refractivity contribution in [2.24, 2.45) is 5.73 Å². The molecule has 0 unspecified atom stereocenters. The van der Waals surface area contributed by atoms with E-state index in [1.807, 2.05) is 30.3 Å². The molecule has 28 heavy (non-hydrogen) atoms. The molecule has 0 spiro atoms. The SMILES string of the molecule is COc1cccc(NC(=O)CSc2ccccc2C(=O)N2CC[C@@H](N)C2)c1.Cl. The van der Waals surface area contributed by atoms with Crippen LogP contribution in [0.15, 0.2) is 53.4 Å². The van der Waals surface area contributed by atoms with Gasteiger partial charge in [-0.05, 0) is 30.7 Å². The molecule has 1 atom stereocenters. The predicted molar refractivity (Wildman–Crippen MR) is 115 cm³/mol. The van der Waals surface area contributed by atoms with Crippen molar-refractivity contribution in [2.45, 2.75) is 17.4 Å². The van der Waals surface area contributed by atoms with Crippen molar-refractivity contribution >= 4 is 41.7 Å². The molecule has 3 N–H and O–H groups in total. The second-order valence-corrected chi connectivity index (χ2v) is 7.38. The number of nitrogens with one attached hydrogen (secondary N) is 1.